The zero-order valence-corrected chi connectivity index (χ0v) is 18.2. The van der Waals surface area contributed by atoms with E-state index in [1.54, 1.807) is 32.4 Å². The van der Waals surface area contributed by atoms with Crippen LogP contribution in [0.5, 0.6) is 23.0 Å². The molecule has 2 aromatic carbocycles. The zero-order valence-electron chi connectivity index (χ0n) is 17.4. The fourth-order valence-electron chi connectivity index (χ4n) is 3.17. The van der Waals surface area contributed by atoms with Crippen molar-refractivity contribution in [1.29, 1.82) is 0 Å². The number of fused-ring (bicyclic) bond motifs is 1. The van der Waals surface area contributed by atoms with Gasteiger partial charge in [-0.3, -0.25) is 4.79 Å². The van der Waals surface area contributed by atoms with Crippen LogP contribution in [-0.4, -0.2) is 47.4 Å². The maximum atomic E-state index is 12.4. The molecule has 0 unspecified atom stereocenters. The summed E-state index contributed by atoms with van der Waals surface area (Å²) in [7, 11) is 3.18. The van der Waals surface area contributed by atoms with E-state index in [9.17, 15) is 4.79 Å². The molecular formula is C21H22N4O5S. The molecule has 0 saturated heterocycles. The number of carbonyl (C=O) groups is 1. The van der Waals surface area contributed by atoms with Crippen LogP contribution in [0.25, 0.3) is 11.4 Å². The molecule has 0 bridgehead atoms. The van der Waals surface area contributed by atoms with Gasteiger partial charge in [0.15, 0.2) is 34.0 Å². The summed E-state index contributed by atoms with van der Waals surface area (Å²) < 4.78 is 23.3. The molecule has 4 rings (SSSR count). The highest BCUT2D eigenvalue weighted by molar-refractivity contribution is 7.99. The van der Waals surface area contributed by atoms with Gasteiger partial charge in [0.05, 0.1) is 20.0 Å². The van der Waals surface area contributed by atoms with Crippen LogP contribution in [0.2, 0.25) is 0 Å². The van der Waals surface area contributed by atoms with Crippen LogP contribution < -0.4 is 24.3 Å². The van der Waals surface area contributed by atoms with Gasteiger partial charge in [-0.05, 0) is 37.3 Å². The molecule has 0 radical (unpaired) electrons. The van der Waals surface area contributed by atoms with Gasteiger partial charge < -0.3 is 28.8 Å². The standard InChI is InChI=1S/C21H22N4O5S/c1-4-25-20(13-5-7-15(27-2)17(9-13)28-3)23-24-21(25)31-11-19(26)22-14-6-8-16-18(10-14)30-12-29-16/h5-10H,4,11-12H2,1-3H3,(H,22,26). The summed E-state index contributed by atoms with van der Waals surface area (Å²) in [6.07, 6.45) is 0. The lowest BCUT2D eigenvalue weighted by Crippen LogP contribution is -2.14. The van der Waals surface area contributed by atoms with E-state index in [-0.39, 0.29) is 18.5 Å². The Bertz CT molecular complexity index is 1100. The Hall–Kier alpha value is -3.40. The van der Waals surface area contributed by atoms with E-state index in [4.69, 9.17) is 18.9 Å². The third-order valence-electron chi connectivity index (χ3n) is 4.66. The number of carbonyl (C=O) groups excluding carboxylic acids is 1. The smallest absolute Gasteiger partial charge is 0.234 e. The Morgan fingerprint density at radius 3 is 2.68 bits per heavy atom. The largest absolute Gasteiger partial charge is 0.493 e. The summed E-state index contributed by atoms with van der Waals surface area (Å²) in [5.74, 6) is 3.29. The monoisotopic (exact) mass is 442 g/mol. The highest BCUT2D eigenvalue weighted by atomic mass is 32.2. The second-order valence-corrected chi connectivity index (χ2v) is 7.47. The van der Waals surface area contributed by atoms with Gasteiger partial charge in [0.1, 0.15) is 0 Å². The maximum absolute atomic E-state index is 12.4. The zero-order chi connectivity index (χ0) is 21.8. The van der Waals surface area contributed by atoms with E-state index < -0.39 is 0 Å². The molecular weight excluding hydrogens is 420 g/mol. The lowest BCUT2D eigenvalue weighted by atomic mass is 10.2. The molecule has 1 aliphatic heterocycles. The highest BCUT2D eigenvalue weighted by Crippen LogP contribution is 2.35. The fraction of sp³-hybridized carbons (Fsp3) is 0.286. The minimum Gasteiger partial charge on any atom is -0.493 e. The van der Waals surface area contributed by atoms with Gasteiger partial charge in [-0.2, -0.15) is 0 Å². The average Bonchev–Trinajstić information content (AvgIpc) is 3.43. The highest BCUT2D eigenvalue weighted by Gasteiger charge is 2.17. The molecule has 1 amide bonds. The summed E-state index contributed by atoms with van der Waals surface area (Å²) in [6, 6.07) is 10.9. The van der Waals surface area contributed by atoms with Crippen molar-refractivity contribution in [3.05, 3.63) is 36.4 Å². The van der Waals surface area contributed by atoms with Crippen LogP contribution in [0.3, 0.4) is 0 Å². The Kier molecular flexibility index (Phi) is 6.17. The molecule has 3 aromatic rings. The second kappa shape index (κ2) is 9.17. The minimum atomic E-state index is -0.151. The van der Waals surface area contributed by atoms with Crippen LogP contribution in [0, 0.1) is 0 Å². The predicted octanol–water partition coefficient (Wildman–Crippen LogP) is 3.44. The van der Waals surface area contributed by atoms with Crippen LogP contribution >= 0.6 is 11.8 Å². The Balaban J connectivity index is 1.45. The number of nitrogens with zero attached hydrogens (tertiary/aromatic N) is 3. The molecule has 0 spiro atoms. The van der Waals surface area contributed by atoms with Gasteiger partial charge in [-0.15, -0.1) is 10.2 Å². The van der Waals surface area contributed by atoms with Crippen molar-refractivity contribution in [3.63, 3.8) is 0 Å². The number of hydrogen-bond acceptors (Lipinski definition) is 8. The first kappa shape index (κ1) is 20.9. The van der Waals surface area contributed by atoms with Crippen molar-refractivity contribution < 1.29 is 23.7 Å². The van der Waals surface area contributed by atoms with E-state index in [2.05, 4.69) is 15.5 Å². The number of thioether (sulfide) groups is 1. The molecule has 0 saturated carbocycles. The molecule has 31 heavy (non-hydrogen) atoms. The first-order valence-electron chi connectivity index (χ1n) is 9.60. The predicted molar refractivity (Wildman–Crippen MR) is 116 cm³/mol. The molecule has 1 aliphatic rings. The van der Waals surface area contributed by atoms with Crippen molar-refractivity contribution in [3.8, 4) is 34.4 Å². The third kappa shape index (κ3) is 4.38. The summed E-state index contributed by atoms with van der Waals surface area (Å²) in [6.45, 7) is 2.85. The molecule has 162 valence electrons. The van der Waals surface area contributed by atoms with Crippen LogP contribution in [-0.2, 0) is 11.3 Å². The maximum Gasteiger partial charge on any atom is 0.234 e. The Labute approximate surface area is 183 Å². The summed E-state index contributed by atoms with van der Waals surface area (Å²) in [5.41, 5.74) is 1.50. The van der Waals surface area contributed by atoms with E-state index in [1.807, 2.05) is 29.7 Å². The number of hydrogen-bond donors (Lipinski definition) is 1. The number of aromatic nitrogens is 3. The first-order valence-corrected chi connectivity index (χ1v) is 10.6. The normalized spacial score (nSPS) is 12.0. The van der Waals surface area contributed by atoms with Crippen LogP contribution in [0.4, 0.5) is 5.69 Å². The second-order valence-electron chi connectivity index (χ2n) is 6.53. The van der Waals surface area contributed by atoms with Crippen molar-refractivity contribution in [1.82, 2.24) is 14.8 Å². The number of ether oxygens (including phenoxy) is 4. The molecule has 0 atom stereocenters. The van der Waals surface area contributed by atoms with Gasteiger partial charge in [-0.1, -0.05) is 11.8 Å². The number of rotatable bonds is 8. The lowest BCUT2D eigenvalue weighted by molar-refractivity contribution is -0.113. The molecule has 9 nitrogen and oxygen atoms in total. The fourth-order valence-corrected chi connectivity index (χ4v) is 3.97. The number of benzene rings is 2. The van der Waals surface area contributed by atoms with Gasteiger partial charge in [0, 0.05) is 23.9 Å². The van der Waals surface area contributed by atoms with Crippen molar-refractivity contribution in [2.45, 2.75) is 18.6 Å². The molecule has 1 aromatic heterocycles. The lowest BCUT2D eigenvalue weighted by Gasteiger charge is -2.11. The Morgan fingerprint density at radius 2 is 1.90 bits per heavy atom. The summed E-state index contributed by atoms with van der Waals surface area (Å²) in [4.78, 5) is 12.4. The molecule has 2 heterocycles. The van der Waals surface area contributed by atoms with Crippen molar-refractivity contribution in [2.24, 2.45) is 0 Å². The number of anilines is 1. The first-order chi connectivity index (χ1) is 15.1. The van der Waals surface area contributed by atoms with Crippen LogP contribution in [0.1, 0.15) is 6.92 Å². The topological polar surface area (TPSA) is 96.7 Å². The average molecular weight is 442 g/mol. The van der Waals surface area contributed by atoms with Crippen LogP contribution in [0.15, 0.2) is 41.6 Å². The van der Waals surface area contributed by atoms with Gasteiger partial charge >= 0.3 is 0 Å². The molecule has 0 aliphatic carbocycles. The van der Waals surface area contributed by atoms with Gasteiger partial charge in [0.25, 0.3) is 0 Å². The van der Waals surface area contributed by atoms with Gasteiger partial charge in [-0.25, -0.2) is 0 Å². The van der Waals surface area contributed by atoms with Crippen molar-refractivity contribution >= 4 is 23.4 Å². The quantitative estimate of drug-likeness (QED) is 0.530. The minimum absolute atomic E-state index is 0.151. The number of methoxy groups -OCH3 is 2. The van der Waals surface area contributed by atoms with E-state index in [1.165, 1.54) is 11.8 Å². The van der Waals surface area contributed by atoms with E-state index >= 15 is 0 Å². The number of nitrogens with one attached hydrogen (secondary N) is 1. The van der Waals surface area contributed by atoms with Gasteiger partial charge in [0.2, 0.25) is 12.7 Å². The Morgan fingerprint density at radius 1 is 1.10 bits per heavy atom. The molecule has 10 heteroatoms. The van der Waals surface area contributed by atoms with E-state index in [0.717, 1.165) is 5.56 Å². The number of amides is 1. The van der Waals surface area contributed by atoms with E-state index in [0.29, 0.717) is 46.2 Å². The third-order valence-corrected chi connectivity index (χ3v) is 5.63. The van der Waals surface area contributed by atoms with Crippen molar-refractivity contribution in [2.75, 3.05) is 32.1 Å². The summed E-state index contributed by atoms with van der Waals surface area (Å²) >= 11 is 1.32. The summed E-state index contributed by atoms with van der Waals surface area (Å²) in [5, 5.41) is 12.1. The molecule has 1 N–H and O–H groups in total. The molecule has 0 fully saturated rings. The SMILES string of the molecule is CCn1c(SCC(=O)Nc2ccc3c(c2)OCO3)nnc1-c1ccc(OC)c(OC)c1.